The van der Waals surface area contributed by atoms with Gasteiger partial charge >= 0.3 is 0 Å². The Morgan fingerprint density at radius 1 is 1.21 bits per heavy atom. The van der Waals surface area contributed by atoms with Gasteiger partial charge in [0.05, 0.1) is 7.11 Å². The van der Waals surface area contributed by atoms with Crippen LogP contribution in [-0.2, 0) is 4.79 Å². The maximum Gasteiger partial charge on any atom is 0.154 e. The number of ether oxygens (including phenoxy) is 1. The van der Waals surface area contributed by atoms with Crippen LogP contribution in [0.25, 0.3) is 0 Å². The van der Waals surface area contributed by atoms with Gasteiger partial charge < -0.3 is 4.74 Å². The molecule has 0 aliphatic rings. The molecule has 0 saturated heterocycles. The van der Waals surface area contributed by atoms with E-state index in [2.05, 4.69) is 6.58 Å². The second-order valence-corrected chi connectivity index (χ2v) is 2.85. The maximum absolute atomic E-state index is 10.0. The van der Waals surface area contributed by atoms with E-state index in [0.29, 0.717) is 5.57 Å². The second-order valence-electron chi connectivity index (χ2n) is 2.85. The molecule has 0 heterocycles. The summed E-state index contributed by atoms with van der Waals surface area (Å²) >= 11 is 0. The largest absolute Gasteiger partial charge is 0.497 e. The van der Waals surface area contributed by atoms with Crippen molar-refractivity contribution in [2.45, 2.75) is 13.8 Å². The third-order valence-electron chi connectivity index (χ3n) is 1.58. The summed E-state index contributed by atoms with van der Waals surface area (Å²) in [4.78, 5) is 10.0. The van der Waals surface area contributed by atoms with E-state index in [1.807, 2.05) is 30.3 Å². The molecular formula is C12H16O2. The molecule has 0 amide bonds. The average molecular weight is 192 g/mol. The van der Waals surface area contributed by atoms with Crippen LogP contribution < -0.4 is 4.74 Å². The number of benzene rings is 1. The molecule has 1 aromatic carbocycles. The van der Waals surface area contributed by atoms with Crippen molar-refractivity contribution in [2.75, 3.05) is 7.11 Å². The van der Waals surface area contributed by atoms with E-state index in [0.717, 1.165) is 5.75 Å². The monoisotopic (exact) mass is 192 g/mol. The quantitative estimate of drug-likeness (QED) is 0.673. The molecule has 0 unspecified atom stereocenters. The first-order chi connectivity index (χ1) is 6.57. The average Bonchev–Trinajstić information content (AvgIpc) is 2.20. The van der Waals surface area contributed by atoms with Crippen molar-refractivity contribution in [2.24, 2.45) is 0 Å². The van der Waals surface area contributed by atoms with E-state index in [4.69, 9.17) is 4.74 Å². The third-order valence-corrected chi connectivity index (χ3v) is 1.58. The van der Waals surface area contributed by atoms with Gasteiger partial charge in [-0.2, -0.15) is 0 Å². The number of rotatable bonds is 2. The molecule has 0 radical (unpaired) electrons. The summed E-state index contributed by atoms with van der Waals surface area (Å²) in [5.74, 6) is 0.975. The number of hydrogen-bond acceptors (Lipinski definition) is 2. The molecule has 0 bridgehead atoms. The van der Waals surface area contributed by atoms with E-state index in [9.17, 15) is 4.79 Å². The molecule has 0 aliphatic heterocycles. The summed E-state index contributed by atoms with van der Waals surface area (Å²) in [6.45, 7) is 6.60. The Balaban J connectivity index is 0.000000255. The Labute approximate surface area is 85.2 Å². The topological polar surface area (TPSA) is 26.3 Å². The van der Waals surface area contributed by atoms with E-state index < -0.39 is 0 Å². The molecule has 0 atom stereocenters. The minimum absolute atomic E-state index is 0.0648. The van der Waals surface area contributed by atoms with Crippen LogP contribution in [0.1, 0.15) is 13.8 Å². The lowest BCUT2D eigenvalue weighted by Gasteiger charge is -1.93. The number of carbonyl (C=O) groups is 1. The highest BCUT2D eigenvalue weighted by atomic mass is 16.5. The summed E-state index contributed by atoms with van der Waals surface area (Å²) < 4.78 is 4.91. The summed E-state index contributed by atoms with van der Waals surface area (Å²) in [5.41, 5.74) is 0.620. The van der Waals surface area contributed by atoms with E-state index in [-0.39, 0.29) is 5.78 Å². The number of hydrogen-bond donors (Lipinski definition) is 0. The molecule has 0 aromatic heterocycles. The summed E-state index contributed by atoms with van der Waals surface area (Å²) in [5, 5.41) is 0. The van der Waals surface area contributed by atoms with Crippen molar-refractivity contribution in [3.63, 3.8) is 0 Å². The fourth-order valence-electron chi connectivity index (χ4n) is 0.557. The van der Waals surface area contributed by atoms with Gasteiger partial charge in [-0.05, 0) is 31.6 Å². The van der Waals surface area contributed by atoms with Crippen LogP contribution in [0.5, 0.6) is 5.75 Å². The Hall–Kier alpha value is -1.57. The first-order valence-corrected chi connectivity index (χ1v) is 4.33. The Morgan fingerprint density at radius 2 is 1.64 bits per heavy atom. The SMILES string of the molecule is C=C(C)C(C)=O.COc1ccccc1. The summed E-state index contributed by atoms with van der Waals surface area (Å²) in [7, 11) is 1.66. The van der Waals surface area contributed by atoms with Gasteiger partial charge in [-0.15, -0.1) is 0 Å². The zero-order valence-electron chi connectivity index (χ0n) is 8.91. The predicted octanol–water partition coefficient (Wildman–Crippen LogP) is 2.85. The van der Waals surface area contributed by atoms with Gasteiger partial charge in [-0.3, -0.25) is 4.79 Å². The van der Waals surface area contributed by atoms with Crippen LogP contribution in [0.4, 0.5) is 0 Å². The van der Waals surface area contributed by atoms with Crippen LogP contribution in [-0.4, -0.2) is 12.9 Å². The van der Waals surface area contributed by atoms with Crippen molar-refractivity contribution in [1.29, 1.82) is 0 Å². The molecule has 0 saturated carbocycles. The van der Waals surface area contributed by atoms with Gasteiger partial charge in [0.2, 0.25) is 0 Å². The Bertz CT molecular complexity index is 276. The van der Waals surface area contributed by atoms with E-state index in [1.165, 1.54) is 6.92 Å². The predicted molar refractivity (Wildman–Crippen MR) is 58.5 cm³/mol. The lowest BCUT2D eigenvalue weighted by atomic mass is 10.3. The smallest absolute Gasteiger partial charge is 0.154 e. The number of ketones is 1. The zero-order chi connectivity index (χ0) is 11.0. The molecule has 0 spiro atoms. The molecule has 76 valence electrons. The number of Topliss-reactive ketones (excluding diaryl/α,β-unsaturated/α-hetero) is 1. The first kappa shape index (κ1) is 12.4. The minimum atomic E-state index is 0.0648. The molecular weight excluding hydrogens is 176 g/mol. The van der Waals surface area contributed by atoms with Crippen molar-refractivity contribution < 1.29 is 9.53 Å². The fourth-order valence-corrected chi connectivity index (χ4v) is 0.557. The first-order valence-electron chi connectivity index (χ1n) is 4.33. The molecule has 0 N–H and O–H groups in total. The van der Waals surface area contributed by atoms with Gasteiger partial charge in [0.15, 0.2) is 5.78 Å². The Kier molecular flexibility index (Phi) is 6.12. The van der Waals surface area contributed by atoms with E-state index in [1.54, 1.807) is 14.0 Å². The van der Waals surface area contributed by atoms with Gasteiger partial charge in [0, 0.05) is 0 Å². The number of carbonyl (C=O) groups excluding carboxylic acids is 1. The molecule has 1 aromatic rings. The normalized spacial score (nSPS) is 8.21. The maximum atomic E-state index is 10.0. The molecule has 2 nitrogen and oxygen atoms in total. The summed E-state index contributed by atoms with van der Waals surface area (Å²) in [6.07, 6.45) is 0. The third kappa shape index (κ3) is 6.00. The fraction of sp³-hybridized carbons (Fsp3) is 0.250. The van der Waals surface area contributed by atoms with Crippen molar-refractivity contribution in [3.8, 4) is 5.75 Å². The van der Waals surface area contributed by atoms with Crippen LogP contribution in [0.2, 0.25) is 0 Å². The Morgan fingerprint density at radius 3 is 1.86 bits per heavy atom. The lowest BCUT2D eigenvalue weighted by Crippen LogP contribution is -1.86. The van der Waals surface area contributed by atoms with E-state index >= 15 is 0 Å². The van der Waals surface area contributed by atoms with Gasteiger partial charge in [-0.25, -0.2) is 0 Å². The summed E-state index contributed by atoms with van der Waals surface area (Å²) in [6, 6.07) is 9.68. The van der Waals surface area contributed by atoms with Gasteiger partial charge in [-0.1, -0.05) is 24.8 Å². The zero-order valence-corrected chi connectivity index (χ0v) is 8.91. The van der Waals surface area contributed by atoms with Crippen LogP contribution in [0, 0.1) is 0 Å². The number of allylic oxidation sites excluding steroid dienone is 1. The molecule has 1 rings (SSSR count). The highest BCUT2D eigenvalue weighted by Crippen LogP contribution is 2.05. The molecule has 2 heteroatoms. The van der Waals surface area contributed by atoms with Gasteiger partial charge in [0.25, 0.3) is 0 Å². The molecule has 14 heavy (non-hydrogen) atoms. The van der Waals surface area contributed by atoms with Crippen molar-refractivity contribution in [3.05, 3.63) is 42.5 Å². The highest BCUT2D eigenvalue weighted by Gasteiger charge is 1.85. The molecule has 0 aliphatic carbocycles. The molecule has 0 fully saturated rings. The number of methoxy groups -OCH3 is 1. The van der Waals surface area contributed by atoms with Gasteiger partial charge in [0.1, 0.15) is 5.75 Å². The highest BCUT2D eigenvalue weighted by molar-refractivity contribution is 5.91. The standard InChI is InChI=1S/C7H8O.C5H8O/c1-8-7-5-3-2-4-6-7;1-4(2)5(3)6/h2-6H,1H3;1H2,2-3H3. The lowest BCUT2D eigenvalue weighted by molar-refractivity contribution is -0.113. The minimum Gasteiger partial charge on any atom is -0.497 e. The number of para-hydroxylation sites is 1. The van der Waals surface area contributed by atoms with Crippen molar-refractivity contribution >= 4 is 5.78 Å². The van der Waals surface area contributed by atoms with Crippen molar-refractivity contribution in [1.82, 2.24) is 0 Å². The van der Waals surface area contributed by atoms with Crippen LogP contribution in [0.3, 0.4) is 0 Å². The van der Waals surface area contributed by atoms with Crippen LogP contribution in [0.15, 0.2) is 42.5 Å². The van der Waals surface area contributed by atoms with Crippen LogP contribution >= 0.6 is 0 Å². The second kappa shape index (κ2) is 6.89.